The molecule has 0 bridgehead atoms. The van der Waals surface area contributed by atoms with E-state index in [0.717, 1.165) is 11.3 Å². The van der Waals surface area contributed by atoms with Gasteiger partial charge in [0, 0.05) is 36.1 Å². The van der Waals surface area contributed by atoms with Gasteiger partial charge >= 0.3 is 0 Å². The summed E-state index contributed by atoms with van der Waals surface area (Å²) in [6.07, 6.45) is 4.72. The number of carbonyl (C=O) groups excluding carboxylic acids is 2. The highest BCUT2D eigenvalue weighted by atomic mass is 16.2. The smallest absolute Gasteiger partial charge is 0.251 e. The van der Waals surface area contributed by atoms with Crippen LogP contribution in [0.15, 0.2) is 36.7 Å². The highest BCUT2D eigenvalue weighted by Crippen LogP contribution is 2.23. The number of fused-ring (bicyclic) bond motifs is 1. The van der Waals surface area contributed by atoms with Gasteiger partial charge in [0.2, 0.25) is 5.91 Å². The van der Waals surface area contributed by atoms with Crippen molar-refractivity contribution in [3.05, 3.63) is 47.8 Å². The Morgan fingerprint density at radius 2 is 2.32 bits per heavy atom. The van der Waals surface area contributed by atoms with E-state index in [-0.39, 0.29) is 17.9 Å². The molecular formula is C16H18N4O2. The lowest BCUT2D eigenvalue weighted by Gasteiger charge is -2.18. The molecule has 0 aliphatic carbocycles. The molecule has 2 amide bonds. The summed E-state index contributed by atoms with van der Waals surface area (Å²) in [4.78, 5) is 23.6. The Hall–Kier alpha value is -2.63. The predicted octanol–water partition coefficient (Wildman–Crippen LogP) is 1.59. The molecule has 1 atom stereocenters. The summed E-state index contributed by atoms with van der Waals surface area (Å²) in [6.45, 7) is 2.57. The van der Waals surface area contributed by atoms with E-state index in [0.29, 0.717) is 24.9 Å². The zero-order chi connectivity index (χ0) is 15.5. The fourth-order valence-electron chi connectivity index (χ4n) is 2.57. The minimum absolute atomic E-state index is 0.0249. The van der Waals surface area contributed by atoms with Gasteiger partial charge in [-0.3, -0.25) is 14.3 Å². The first-order chi connectivity index (χ1) is 10.6. The molecule has 3 rings (SSSR count). The Kier molecular flexibility index (Phi) is 3.91. The topological polar surface area (TPSA) is 76.0 Å². The fraction of sp³-hybridized carbons (Fsp3) is 0.312. The Labute approximate surface area is 128 Å². The van der Waals surface area contributed by atoms with Crippen LogP contribution in [0.3, 0.4) is 0 Å². The molecule has 2 heterocycles. The van der Waals surface area contributed by atoms with E-state index in [1.807, 2.05) is 25.3 Å². The Morgan fingerprint density at radius 3 is 3.09 bits per heavy atom. The molecule has 6 heteroatoms. The third-order valence-electron chi connectivity index (χ3n) is 3.66. The molecule has 0 radical (unpaired) electrons. The largest absolute Gasteiger partial charge is 0.348 e. The molecular weight excluding hydrogens is 280 g/mol. The summed E-state index contributed by atoms with van der Waals surface area (Å²) >= 11 is 0. The lowest BCUT2D eigenvalue weighted by molar-refractivity contribution is -0.116. The van der Waals surface area contributed by atoms with Crippen molar-refractivity contribution in [3.8, 4) is 0 Å². The van der Waals surface area contributed by atoms with Gasteiger partial charge in [-0.2, -0.15) is 5.10 Å². The number of benzene rings is 1. The molecule has 0 saturated heterocycles. The minimum Gasteiger partial charge on any atom is -0.348 e. The van der Waals surface area contributed by atoms with Crippen LogP contribution in [0.25, 0.3) is 0 Å². The molecule has 0 spiro atoms. The summed E-state index contributed by atoms with van der Waals surface area (Å²) in [5, 5.41) is 9.90. The van der Waals surface area contributed by atoms with Crippen molar-refractivity contribution in [1.82, 2.24) is 15.1 Å². The zero-order valence-electron chi connectivity index (χ0n) is 12.4. The van der Waals surface area contributed by atoms with Crippen molar-refractivity contribution in [2.75, 3.05) is 5.32 Å². The third-order valence-corrected chi connectivity index (χ3v) is 3.66. The van der Waals surface area contributed by atoms with Crippen molar-refractivity contribution in [1.29, 1.82) is 0 Å². The van der Waals surface area contributed by atoms with Crippen LogP contribution in [0.5, 0.6) is 0 Å². The van der Waals surface area contributed by atoms with Gasteiger partial charge in [0.25, 0.3) is 5.91 Å². The second-order valence-corrected chi connectivity index (χ2v) is 5.52. The number of nitrogens with one attached hydrogen (secondary N) is 2. The highest BCUT2D eigenvalue weighted by molar-refractivity contribution is 5.98. The van der Waals surface area contributed by atoms with E-state index in [2.05, 4.69) is 15.7 Å². The standard InChI is InChI=1S/C16H18N4O2/c1-11(10-20-8-2-7-17-20)18-16(22)13-3-5-14-12(9-13)4-6-15(21)19-14/h2-3,5,7-9,11H,4,6,10H2,1H3,(H,18,22)(H,19,21). The molecule has 1 aromatic heterocycles. The average Bonchev–Trinajstić information content (AvgIpc) is 2.99. The number of carbonyl (C=O) groups is 2. The number of nitrogens with zero attached hydrogens (tertiary/aromatic N) is 2. The maximum atomic E-state index is 12.3. The second kappa shape index (κ2) is 6.01. The van der Waals surface area contributed by atoms with Crippen molar-refractivity contribution >= 4 is 17.5 Å². The van der Waals surface area contributed by atoms with Crippen LogP contribution >= 0.6 is 0 Å². The SMILES string of the molecule is CC(Cn1cccn1)NC(=O)c1ccc2c(c1)CCC(=O)N2. The highest BCUT2D eigenvalue weighted by Gasteiger charge is 2.17. The van der Waals surface area contributed by atoms with Gasteiger partial charge in [-0.15, -0.1) is 0 Å². The number of hydrogen-bond donors (Lipinski definition) is 2. The number of aromatic nitrogens is 2. The number of aryl methyl sites for hydroxylation is 1. The van der Waals surface area contributed by atoms with E-state index >= 15 is 0 Å². The van der Waals surface area contributed by atoms with E-state index in [1.165, 1.54) is 0 Å². The zero-order valence-corrected chi connectivity index (χ0v) is 12.4. The van der Waals surface area contributed by atoms with Crippen molar-refractivity contribution in [2.24, 2.45) is 0 Å². The summed E-state index contributed by atoms with van der Waals surface area (Å²) in [7, 11) is 0. The molecule has 22 heavy (non-hydrogen) atoms. The van der Waals surface area contributed by atoms with Crippen molar-refractivity contribution in [2.45, 2.75) is 32.4 Å². The van der Waals surface area contributed by atoms with Gasteiger partial charge in [0.05, 0.1) is 6.54 Å². The van der Waals surface area contributed by atoms with Gasteiger partial charge in [0.1, 0.15) is 0 Å². The molecule has 1 aliphatic rings. The molecule has 0 saturated carbocycles. The number of anilines is 1. The van der Waals surface area contributed by atoms with Crippen LogP contribution < -0.4 is 10.6 Å². The van der Waals surface area contributed by atoms with Gasteiger partial charge in [-0.25, -0.2) is 0 Å². The first kappa shape index (κ1) is 14.3. The summed E-state index contributed by atoms with van der Waals surface area (Å²) in [6, 6.07) is 7.21. The Bertz CT molecular complexity index is 694. The monoisotopic (exact) mass is 298 g/mol. The maximum absolute atomic E-state index is 12.3. The Balaban J connectivity index is 1.66. The first-order valence-corrected chi connectivity index (χ1v) is 7.33. The summed E-state index contributed by atoms with van der Waals surface area (Å²) in [5.74, 6) is -0.0862. The van der Waals surface area contributed by atoms with Crippen LogP contribution in [-0.2, 0) is 17.8 Å². The molecule has 1 unspecified atom stereocenters. The van der Waals surface area contributed by atoms with Crippen LogP contribution in [0, 0.1) is 0 Å². The van der Waals surface area contributed by atoms with Crippen LogP contribution in [0.4, 0.5) is 5.69 Å². The predicted molar refractivity (Wildman–Crippen MR) is 82.5 cm³/mol. The lowest BCUT2D eigenvalue weighted by Crippen LogP contribution is -2.36. The Morgan fingerprint density at radius 1 is 1.45 bits per heavy atom. The molecule has 2 N–H and O–H groups in total. The summed E-state index contributed by atoms with van der Waals surface area (Å²) < 4.78 is 1.79. The quantitative estimate of drug-likeness (QED) is 0.900. The fourth-order valence-corrected chi connectivity index (χ4v) is 2.57. The number of rotatable bonds is 4. The minimum atomic E-state index is -0.112. The summed E-state index contributed by atoms with van der Waals surface area (Å²) in [5.41, 5.74) is 2.42. The second-order valence-electron chi connectivity index (χ2n) is 5.52. The molecule has 2 aromatic rings. The molecule has 114 valence electrons. The number of hydrogen-bond acceptors (Lipinski definition) is 3. The third kappa shape index (κ3) is 3.16. The molecule has 0 fully saturated rings. The van der Waals surface area contributed by atoms with E-state index in [1.54, 1.807) is 23.0 Å². The van der Waals surface area contributed by atoms with Crippen molar-refractivity contribution < 1.29 is 9.59 Å². The first-order valence-electron chi connectivity index (χ1n) is 7.33. The lowest BCUT2D eigenvalue weighted by atomic mass is 10.00. The van der Waals surface area contributed by atoms with Crippen LogP contribution in [0.1, 0.15) is 29.3 Å². The number of amides is 2. The van der Waals surface area contributed by atoms with E-state index < -0.39 is 0 Å². The van der Waals surface area contributed by atoms with Gasteiger partial charge < -0.3 is 10.6 Å². The molecule has 6 nitrogen and oxygen atoms in total. The van der Waals surface area contributed by atoms with Crippen LogP contribution in [-0.4, -0.2) is 27.6 Å². The van der Waals surface area contributed by atoms with Gasteiger partial charge in [-0.05, 0) is 43.2 Å². The molecule has 1 aromatic carbocycles. The molecule has 1 aliphatic heterocycles. The van der Waals surface area contributed by atoms with Crippen molar-refractivity contribution in [3.63, 3.8) is 0 Å². The van der Waals surface area contributed by atoms with E-state index in [9.17, 15) is 9.59 Å². The van der Waals surface area contributed by atoms with E-state index in [4.69, 9.17) is 0 Å². The van der Waals surface area contributed by atoms with Crippen LogP contribution in [0.2, 0.25) is 0 Å². The normalized spacial score (nSPS) is 14.9. The maximum Gasteiger partial charge on any atom is 0.251 e. The average molecular weight is 298 g/mol. The van der Waals surface area contributed by atoms with Gasteiger partial charge in [-0.1, -0.05) is 0 Å². The van der Waals surface area contributed by atoms with Gasteiger partial charge in [0.15, 0.2) is 0 Å².